The van der Waals surface area contributed by atoms with Gasteiger partial charge in [0.1, 0.15) is 0 Å². The quantitative estimate of drug-likeness (QED) is 0.589. The zero-order chi connectivity index (χ0) is 13.2. The van der Waals surface area contributed by atoms with Crippen molar-refractivity contribution in [3.8, 4) is 0 Å². The molecule has 0 unspecified atom stereocenters. The monoisotopic (exact) mass is 258 g/mol. The third kappa shape index (κ3) is 3.19. The lowest BCUT2D eigenvalue weighted by atomic mass is 9.79. The third-order valence-corrected chi connectivity index (χ3v) is 3.36. The van der Waals surface area contributed by atoms with Crippen LogP contribution in [-0.2, 0) is 10.2 Å². The molecule has 0 aromatic heterocycles. The molecule has 0 amide bonds. The summed E-state index contributed by atoms with van der Waals surface area (Å²) in [5.41, 5.74) is 0.259. The van der Waals surface area contributed by atoms with E-state index in [0.29, 0.717) is 0 Å². The molecular weight excluding hydrogens is 243 g/mol. The van der Waals surface area contributed by atoms with Crippen molar-refractivity contribution < 1.29 is 18.5 Å². The van der Waals surface area contributed by atoms with Crippen LogP contribution in [0.5, 0.6) is 0 Å². The number of hydrogen-bond donors (Lipinski definition) is 3. The molecule has 0 saturated heterocycles. The lowest BCUT2D eigenvalue weighted by Gasteiger charge is -2.27. The molecule has 1 aromatic carbocycles. The van der Waals surface area contributed by atoms with Gasteiger partial charge in [-0.15, -0.1) is 0 Å². The van der Waals surface area contributed by atoms with Crippen molar-refractivity contribution in [2.45, 2.75) is 19.9 Å². The van der Waals surface area contributed by atoms with Crippen LogP contribution in [0, 0.1) is 0 Å². The molecule has 6 nitrogen and oxygen atoms in total. The second-order valence-corrected chi connectivity index (χ2v) is 5.29. The Hall–Kier alpha value is -1.09. The molecule has 0 aliphatic carbocycles. The summed E-state index contributed by atoms with van der Waals surface area (Å²) in [6.45, 7) is 3.29. The summed E-state index contributed by atoms with van der Waals surface area (Å²) in [6, 6.07) is 5.66. The molecule has 1 aromatic rings. The van der Waals surface area contributed by atoms with Crippen molar-refractivity contribution >= 4 is 28.5 Å². The van der Waals surface area contributed by atoms with E-state index in [2.05, 4.69) is 0 Å². The highest BCUT2D eigenvalue weighted by Crippen LogP contribution is 2.17. The Morgan fingerprint density at radius 1 is 1.29 bits per heavy atom. The summed E-state index contributed by atoms with van der Waals surface area (Å²) >= 11 is 0. The van der Waals surface area contributed by atoms with E-state index in [1.54, 1.807) is 26.0 Å². The molecule has 17 heavy (non-hydrogen) atoms. The van der Waals surface area contributed by atoms with Crippen molar-refractivity contribution in [1.29, 1.82) is 0 Å². The van der Waals surface area contributed by atoms with Crippen LogP contribution in [0.1, 0.15) is 13.8 Å². The van der Waals surface area contributed by atoms with Crippen molar-refractivity contribution in [3.63, 3.8) is 0 Å². The Bertz CT molecular complexity index is 490. The predicted molar refractivity (Wildman–Crippen MR) is 67.0 cm³/mol. The summed E-state index contributed by atoms with van der Waals surface area (Å²) in [5, 5.41) is 23.5. The maximum absolute atomic E-state index is 11.5. The first-order valence-corrected chi connectivity index (χ1v) is 6.52. The first kappa shape index (κ1) is 14.0. The first-order chi connectivity index (χ1) is 7.75. The average Bonchev–Trinajstić information content (AvgIpc) is 2.15. The van der Waals surface area contributed by atoms with Crippen molar-refractivity contribution in [1.82, 2.24) is 0 Å². The van der Waals surface area contributed by atoms with Crippen molar-refractivity contribution in [2.75, 3.05) is 4.31 Å². The number of anilines is 1. The first-order valence-electron chi connectivity index (χ1n) is 5.02. The highest BCUT2D eigenvalue weighted by Gasteiger charge is 2.27. The fourth-order valence-electron chi connectivity index (χ4n) is 1.62. The summed E-state index contributed by atoms with van der Waals surface area (Å²) in [5.74, 6) is 0. The Morgan fingerprint density at radius 3 is 2.24 bits per heavy atom. The van der Waals surface area contributed by atoms with Gasteiger partial charge in [0.05, 0.1) is 5.69 Å². The Balaban J connectivity index is 3.39. The molecule has 8 heteroatoms. The molecule has 0 atom stereocenters. The van der Waals surface area contributed by atoms with Crippen LogP contribution >= 0.6 is 0 Å². The summed E-state index contributed by atoms with van der Waals surface area (Å²) < 4.78 is 23.9. The lowest BCUT2D eigenvalue weighted by Crippen LogP contribution is -2.46. The second kappa shape index (κ2) is 5.05. The van der Waals surface area contributed by atoms with Gasteiger partial charge in [-0.1, -0.05) is 18.2 Å². The van der Waals surface area contributed by atoms with Gasteiger partial charge in [0.25, 0.3) is 10.2 Å². The van der Waals surface area contributed by atoms with Gasteiger partial charge in [-0.3, -0.25) is 4.31 Å². The van der Waals surface area contributed by atoms with E-state index in [1.165, 1.54) is 12.1 Å². The van der Waals surface area contributed by atoms with Gasteiger partial charge in [0, 0.05) is 11.5 Å². The number of benzene rings is 1. The maximum Gasteiger partial charge on any atom is 0.490 e. The van der Waals surface area contributed by atoms with E-state index in [-0.39, 0.29) is 11.2 Å². The fourth-order valence-corrected chi connectivity index (χ4v) is 2.64. The predicted octanol–water partition coefficient (Wildman–Crippen LogP) is -1.22. The summed E-state index contributed by atoms with van der Waals surface area (Å²) in [4.78, 5) is 0. The van der Waals surface area contributed by atoms with Gasteiger partial charge in [0.15, 0.2) is 0 Å². The minimum atomic E-state index is -3.96. The van der Waals surface area contributed by atoms with Gasteiger partial charge < -0.3 is 10.0 Å². The van der Waals surface area contributed by atoms with E-state index in [9.17, 15) is 18.5 Å². The molecule has 94 valence electrons. The molecule has 1 rings (SSSR count). The third-order valence-electron chi connectivity index (χ3n) is 2.20. The summed E-state index contributed by atoms with van der Waals surface area (Å²) in [6.07, 6.45) is 0. The molecule has 0 fully saturated rings. The number of nitrogens with two attached hydrogens (primary N) is 1. The Kier molecular flexibility index (Phi) is 4.15. The SMILES string of the molecule is CC(C)N(c1ccccc1B(O)O)S(N)(=O)=O. The smallest absolute Gasteiger partial charge is 0.423 e. The van der Waals surface area contributed by atoms with Crippen molar-refractivity contribution in [3.05, 3.63) is 24.3 Å². The molecule has 4 N–H and O–H groups in total. The molecule has 0 spiro atoms. The molecule has 0 heterocycles. The largest absolute Gasteiger partial charge is 0.490 e. The van der Waals surface area contributed by atoms with E-state index in [1.807, 2.05) is 0 Å². The standard InChI is InChI=1S/C9H15BN2O4S/c1-7(2)12(17(11,15)16)9-6-4-3-5-8(9)10(13)14/h3-7,13-14H,1-2H3,(H2,11,15,16). The minimum Gasteiger partial charge on any atom is -0.423 e. The molecule has 0 radical (unpaired) electrons. The normalized spacial score (nSPS) is 11.6. The average molecular weight is 258 g/mol. The number of para-hydroxylation sites is 1. The van der Waals surface area contributed by atoms with Gasteiger partial charge in [0.2, 0.25) is 0 Å². The minimum absolute atomic E-state index is 0.0928. The molecule has 0 aliphatic heterocycles. The second-order valence-electron chi connectivity index (χ2n) is 3.87. The molecule has 0 aliphatic rings. The highest BCUT2D eigenvalue weighted by molar-refractivity contribution is 7.90. The number of hydrogen-bond acceptors (Lipinski definition) is 4. The van der Waals surface area contributed by atoms with Crippen LogP contribution in [0.4, 0.5) is 5.69 Å². The zero-order valence-corrected chi connectivity index (χ0v) is 10.4. The topological polar surface area (TPSA) is 104 Å². The Morgan fingerprint density at radius 2 is 1.82 bits per heavy atom. The highest BCUT2D eigenvalue weighted by atomic mass is 32.2. The van der Waals surface area contributed by atoms with Crippen LogP contribution in [-0.4, -0.2) is 31.6 Å². The maximum atomic E-state index is 11.5. The number of rotatable bonds is 4. The van der Waals surface area contributed by atoms with Crippen molar-refractivity contribution in [2.24, 2.45) is 5.14 Å². The lowest BCUT2D eigenvalue weighted by molar-refractivity contribution is 0.426. The van der Waals surface area contributed by atoms with E-state index in [0.717, 1.165) is 4.31 Å². The van der Waals surface area contributed by atoms with Gasteiger partial charge in [-0.25, -0.2) is 5.14 Å². The van der Waals surface area contributed by atoms with Crippen LogP contribution in [0.2, 0.25) is 0 Å². The van der Waals surface area contributed by atoms with Crippen LogP contribution in [0.3, 0.4) is 0 Å². The van der Waals surface area contributed by atoms with Crippen LogP contribution < -0.4 is 14.9 Å². The van der Waals surface area contributed by atoms with Gasteiger partial charge >= 0.3 is 7.12 Å². The molecule has 0 bridgehead atoms. The fraction of sp³-hybridized carbons (Fsp3) is 0.333. The van der Waals surface area contributed by atoms with Gasteiger partial charge in [-0.2, -0.15) is 8.42 Å². The molecule has 0 saturated carbocycles. The van der Waals surface area contributed by atoms with Gasteiger partial charge in [-0.05, 0) is 19.9 Å². The molecular formula is C9H15BN2O4S. The van der Waals surface area contributed by atoms with E-state index >= 15 is 0 Å². The van der Waals surface area contributed by atoms with E-state index < -0.39 is 23.4 Å². The van der Waals surface area contributed by atoms with E-state index in [4.69, 9.17) is 5.14 Å². The zero-order valence-electron chi connectivity index (χ0n) is 9.61. The Labute approximate surface area is 101 Å². The van der Waals surface area contributed by atoms with Crippen LogP contribution in [0.25, 0.3) is 0 Å². The number of nitrogens with zero attached hydrogens (tertiary/aromatic N) is 1. The van der Waals surface area contributed by atoms with Crippen LogP contribution in [0.15, 0.2) is 24.3 Å². The summed E-state index contributed by atoms with van der Waals surface area (Å²) in [7, 11) is -5.72.